The van der Waals surface area contributed by atoms with Crippen molar-refractivity contribution < 1.29 is 9.90 Å². The number of piperidine rings is 1. The first-order valence-corrected chi connectivity index (χ1v) is 9.08. The molecule has 1 amide bonds. The van der Waals surface area contributed by atoms with Gasteiger partial charge >= 0.3 is 0 Å². The van der Waals surface area contributed by atoms with E-state index >= 15 is 0 Å². The van der Waals surface area contributed by atoms with E-state index in [2.05, 4.69) is 17.1 Å². The number of likely N-dealkylation sites (tertiary alicyclic amines) is 1. The largest absolute Gasteiger partial charge is 0.388 e. The zero-order valence-electron chi connectivity index (χ0n) is 14.7. The number of nitrogens with zero attached hydrogens (tertiary/aromatic N) is 3. The number of aromatic nitrogens is 2. The van der Waals surface area contributed by atoms with Crippen LogP contribution in [0.4, 0.5) is 0 Å². The molecule has 0 bridgehead atoms. The molecule has 1 aliphatic heterocycles. The molecule has 1 aromatic carbocycles. The van der Waals surface area contributed by atoms with E-state index in [1.54, 1.807) is 6.20 Å². The number of carbonyl (C=O) groups is 1. The molecule has 5 heteroatoms. The molecule has 2 aromatic rings. The van der Waals surface area contributed by atoms with E-state index in [4.69, 9.17) is 0 Å². The number of amides is 1. The van der Waals surface area contributed by atoms with Gasteiger partial charge in [-0.1, -0.05) is 30.3 Å². The third kappa shape index (κ3) is 2.97. The SMILES string of the molecule is Cc1nccn1CC1(O)CCN(C(=O)C2(c3ccccc3)CC2)CC1. The number of benzene rings is 1. The summed E-state index contributed by atoms with van der Waals surface area (Å²) in [6.45, 7) is 3.73. The normalized spacial score (nSPS) is 21.1. The van der Waals surface area contributed by atoms with Gasteiger partial charge in [-0.2, -0.15) is 0 Å². The predicted octanol–water partition coefficient (Wildman–Crippen LogP) is 2.28. The van der Waals surface area contributed by atoms with E-state index in [0.717, 1.165) is 24.2 Å². The topological polar surface area (TPSA) is 58.4 Å². The van der Waals surface area contributed by atoms with Crippen LogP contribution in [-0.2, 0) is 16.8 Å². The summed E-state index contributed by atoms with van der Waals surface area (Å²) in [5.74, 6) is 1.15. The standard InChI is InChI=1S/C20H25N3O2/c1-16-21-11-14-23(16)15-19(25)9-12-22(13-10-19)18(24)20(7-8-20)17-5-3-2-4-6-17/h2-6,11,14,25H,7-10,12-13,15H2,1H3. The first-order valence-electron chi connectivity index (χ1n) is 9.08. The Bertz CT molecular complexity index is 756. The van der Waals surface area contributed by atoms with Crippen molar-refractivity contribution >= 4 is 5.91 Å². The lowest BCUT2D eigenvalue weighted by atomic mass is 9.88. The Morgan fingerprint density at radius 3 is 2.40 bits per heavy atom. The molecule has 1 N–H and O–H groups in total. The summed E-state index contributed by atoms with van der Waals surface area (Å²) in [4.78, 5) is 19.3. The number of aliphatic hydroxyl groups is 1. The maximum atomic E-state index is 13.1. The Morgan fingerprint density at radius 2 is 1.84 bits per heavy atom. The van der Waals surface area contributed by atoms with Gasteiger partial charge in [-0.3, -0.25) is 4.79 Å². The lowest BCUT2D eigenvalue weighted by Crippen LogP contribution is -2.51. The van der Waals surface area contributed by atoms with Crippen molar-refractivity contribution in [2.24, 2.45) is 0 Å². The van der Waals surface area contributed by atoms with Crippen molar-refractivity contribution in [3.05, 3.63) is 54.1 Å². The lowest BCUT2D eigenvalue weighted by molar-refractivity contribution is -0.138. The number of hydrogen-bond acceptors (Lipinski definition) is 3. The van der Waals surface area contributed by atoms with Gasteiger partial charge in [-0.15, -0.1) is 0 Å². The Kier molecular flexibility index (Phi) is 3.91. The third-order valence-electron chi connectivity index (χ3n) is 5.86. The minimum absolute atomic E-state index is 0.236. The molecular formula is C20H25N3O2. The average Bonchev–Trinajstić information content (AvgIpc) is 3.35. The van der Waals surface area contributed by atoms with Gasteiger partial charge in [0.2, 0.25) is 5.91 Å². The van der Waals surface area contributed by atoms with Gasteiger partial charge in [-0.25, -0.2) is 4.98 Å². The highest BCUT2D eigenvalue weighted by atomic mass is 16.3. The van der Waals surface area contributed by atoms with Crippen LogP contribution in [0.3, 0.4) is 0 Å². The maximum absolute atomic E-state index is 13.1. The van der Waals surface area contributed by atoms with Gasteiger partial charge in [0.1, 0.15) is 5.82 Å². The van der Waals surface area contributed by atoms with E-state index in [1.165, 1.54) is 0 Å². The molecule has 25 heavy (non-hydrogen) atoms. The Balaban J connectivity index is 1.42. The number of hydrogen-bond donors (Lipinski definition) is 1. The molecule has 1 saturated carbocycles. The molecule has 2 aliphatic rings. The van der Waals surface area contributed by atoms with Crippen LogP contribution < -0.4 is 0 Å². The molecule has 1 saturated heterocycles. The minimum Gasteiger partial charge on any atom is -0.388 e. The van der Waals surface area contributed by atoms with Gasteiger partial charge in [0.05, 0.1) is 17.6 Å². The highest BCUT2D eigenvalue weighted by Crippen LogP contribution is 2.50. The molecule has 2 heterocycles. The van der Waals surface area contributed by atoms with Crippen molar-refractivity contribution in [3.63, 3.8) is 0 Å². The Hall–Kier alpha value is -2.14. The van der Waals surface area contributed by atoms with Crippen LogP contribution in [0.5, 0.6) is 0 Å². The van der Waals surface area contributed by atoms with E-state index in [9.17, 15) is 9.90 Å². The molecule has 0 atom stereocenters. The van der Waals surface area contributed by atoms with E-state index in [0.29, 0.717) is 32.5 Å². The zero-order chi connectivity index (χ0) is 17.5. The van der Waals surface area contributed by atoms with Gasteiger partial charge in [-0.05, 0) is 38.2 Å². The molecule has 0 spiro atoms. The second-order valence-corrected chi connectivity index (χ2v) is 7.57. The van der Waals surface area contributed by atoms with Crippen LogP contribution in [0.25, 0.3) is 0 Å². The van der Waals surface area contributed by atoms with Crippen LogP contribution in [0, 0.1) is 6.92 Å². The molecule has 5 nitrogen and oxygen atoms in total. The molecule has 132 valence electrons. The van der Waals surface area contributed by atoms with Crippen molar-refractivity contribution in [1.29, 1.82) is 0 Å². The zero-order valence-corrected chi connectivity index (χ0v) is 14.7. The fourth-order valence-electron chi connectivity index (χ4n) is 3.98. The van der Waals surface area contributed by atoms with Crippen molar-refractivity contribution in [2.45, 2.75) is 50.2 Å². The highest BCUT2D eigenvalue weighted by Gasteiger charge is 2.53. The average molecular weight is 339 g/mol. The molecular weight excluding hydrogens is 314 g/mol. The predicted molar refractivity (Wildman–Crippen MR) is 95.1 cm³/mol. The third-order valence-corrected chi connectivity index (χ3v) is 5.86. The van der Waals surface area contributed by atoms with Gasteiger partial charge < -0.3 is 14.6 Å². The quantitative estimate of drug-likeness (QED) is 0.930. The first kappa shape index (κ1) is 16.3. The van der Waals surface area contributed by atoms with Crippen molar-refractivity contribution in [1.82, 2.24) is 14.5 Å². The highest BCUT2D eigenvalue weighted by molar-refractivity contribution is 5.91. The lowest BCUT2D eigenvalue weighted by Gasteiger charge is -2.40. The summed E-state index contributed by atoms with van der Waals surface area (Å²) >= 11 is 0. The second-order valence-electron chi connectivity index (χ2n) is 7.57. The Morgan fingerprint density at radius 1 is 1.16 bits per heavy atom. The molecule has 0 radical (unpaired) electrons. The molecule has 1 aromatic heterocycles. The maximum Gasteiger partial charge on any atom is 0.233 e. The van der Waals surface area contributed by atoms with Crippen LogP contribution in [0.15, 0.2) is 42.7 Å². The van der Waals surface area contributed by atoms with E-state index in [-0.39, 0.29) is 11.3 Å². The van der Waals surface area contributed by atoms with E-state index in [1.807, 2.05) is 40.8 Å². The summed E-state index contributed by atoms with van der Waals surface area (Å²) in [6.07, 6.45) is 6.76. The molecule has 4 rings (SSSR count). The minimum atomic E-state index is -0.758. The second kappa shape index (κ2) is 5.99. The summed E-state index contributed by atoms with van der Waals surface area (Å²) in [5.41, 5.74) is 0.0680. The van der Waals surface area contributed by atoms with Gasteiger partial charge in [0.25, 0.3) is 0 Å². The number of imidazole rings is 1. The van der Waals surface area contributed by atoms with Crippen molar-refractivity contribution in [3.8, 4) is 0 Å². The summed E-state index contributed by atoms with van der Waals surface area (Å²) in [6, 6.07) is 10.1. The van der Waals surface area contributed by atoms with Crippen LogP contribution >= 0.6 is 0 Å². The Labute approximate surface area is 148 Å². The molecule has 2 fully saturated rings. The monoisotopic (exact) mass is 339 g/mol. The van der Waals surface area contributed by atoms with E-state index < -0.39 is 5.60 Å². The number of carbonyl (C=O) groups excluding carboxylic acids is 1. The fourth-order valence-corrected chi connectivity index (χ4v) is 3.98. The van der Waals surface area contributed by atoms with Crippen LogP contribution in [-0.4, -0.2) is 44.2 Å². The number of aryl methyl sites for hydroxylation is 1. The molecule has 0 unspecified atom stereocenters. The summed E-state index contributed by atoms with van der Waals surface area (Å²) in [5, 5.41) is 10.9. The summed E-state index contributed by atoms with van der Waals surface area (Å²) < 4.78 is 1.99. The smallest absolute Gasteiger partial charge is 0.233 e. The molecule has 1 aliphatic carbocycles. The number of rotatable bonds is 4. The van der Waals surface area contributed by atoms with Gasteiger partial charge in [0, 0.05) is 25.5 Å². The van der Waals surface area contributed by atoms with Crippen LogP contribution in [0.1, 0.15) is 37.1 Å². The van der Waals surface area contributed by atoms with Crippen LogP contribution in [0.2, 0.25) is 0 Å². The fraction of sp³-hybridized carbons (Fsp3) is 0.500. The van der Waals surface area contributed by atoms with Crippen molar-refractivity contribution in [2.75, 3.05) is 13.1 Å². The first-order chi connectivity index (χ1) is 12.0. The van der Waals surface area contributed by atoms with Gasteiger partial charge in [0.15, 0.2) is 0 Å². The summed E-state index contributed by atoms with van der Waals surface area (Å²) in [7, 11) is 0.